The fourth-order valence-corrected chi connectivity index (χ4v) is 2.86. The van der Waals surface area contributed by atoms with Crippen LogP contribution in [0.15, 0.2) is 54.6 Å². The molecule has 0 aliphatic rings. The number of amides is 1. The van der Waals surface area contributed by atoms with E-state index < -0.39 is 0 Å². The predicted molar refractivity (Wildman–Crippen MR) is 107 cm³/mol. The molecule has 0 atom stereocenters. The maximum absolute atomic E-state index is 12.8. The Morgan fingerprint density at radius 2 is 1.85 bits per heavy atom. The van der Waals surface area contributed by atoms with Crippen LogP contribution in [-0.4, -0.2) is 35.9 Å². The van der Waals surface area contributed by atoms with E-state index in [1.54, 1.807) is 11.8 Å². The van der Waals surface area contributed by atoms with Gasteiger partial charge in [0.25, 0.3) is 5.91 Å². The zero-order valence-electron chi connectivity index (χ0n) is 16.0. The molecule has 1 N–H and O–H groups in total. The first-order chi connectivity index (χ1) is 13.1. The van der Waals surface area contributed by atoms with Gasteiger partial charge in [0.2, 0.25) is 0 Å². The van der Waals surface area contributed by atoms with Crippen molar-refractivity contribution in [3.8, 4) is 16.9 Å². The second kappa shape index (κ2) is 8.64. The minimum atomic E-state index is -0.141. The molecule has 0 saturated carbocycles. The van der Waals surface area contributed by atoms with Crippen molar-refractivity contribution in [1.82, 2.24) is 15.1 Å². The number of aromatic nitrogens is 2. The Morgan fingerprint density at radius 1 is 1.07 bits per heavy atom. The molecule has 0 unspecified atom stereocenters. The van der Waals surface area contributed by atoms with Gasteiger partial charge in [-0.25, -0.2) is 4.68 Å². The number of carbonyl (C=O) groups is 1. The second-order valence-electron chi connectivity index (χ2n) is 6.56. The van der Waals surface area contributed by atoms with E-state index in [0.29, 0.717) is 18.8 Å². The highest BCUT2D eigenvalue weighted by Crippen LogP contribution is 2.24. The average Bonchev–Trinajstić information content (AvgIpc) is 3.13. The third-order valence-electron chi connectivity index (χ3n) is 4.56. The summed E-state index contributed by atoms with van der Waals surface area (Å²) in [5.74, 6) is -0.141. The zero-order chi connectivity index (χ0) is 19.2. The minimum Gasteiger partial charge on any atom is -0.385 e. The van der Waals surface area contributed by atoms with Crippen molar-refractivity contribution in [2.75, 3.05) is 20.3 Å². The predicted octanol–water partition coefficient (Wildman–Crippen LogP) is 3.92. The molecule has 1 amide bonds. The van der Waals surface area contributed by atoms with E-state index in [-0.39, 0.29) is 5.91 Å². The van der Waals surface area contributed by atoms with Crippen molar-refractivity contribution >= 4 is 5.91 Å². The molecule has 1 aromatic heterocycles. The van der Waals surface area contributed by atoms with Gasteiger partial charge in [0.1, 0.15) is 5.69 Å². The molecule has 5 nitrogen and oxygen atoms in total. The summed E-state index contributed by atoms with van der Waals surface area (Å²) in [5, 5.41) is 7.67. The van der Waals surface area contributed by atoms with Crippen LogP contribution in [0.25, 0.3) is 16.9 Å². The molecule has 1 heterocycles. The molecule has 3 aromatic rings. The second-order valence-corrected chi connectivity index (χ2v) is 6.56. The SMILES string of the molecule is COCCCNC(=O)c1cc(-c2ccc(C)c(C)c2)nn1-c1ccccc1. The molecule has 27 heavy (non-hydrogen) atoms. The van der Waals surface area contributed by atoms with Gasteiger partial charge < -0.3 is 10.1 Å². The zero-order valence-corrected chi connectivity index (χ0v) is 16.0. The molecule has 0 fully saturated rings. The van der Waals surface area contributed by atoms with Gasteiger partial charge in [-0.2, -0.15) is 5.10 Å². The Bertz CT molecular complexity index is 917. The molecule has 0 spiro atoms. The maximum Gasteiger partial charge on any atom is 0.270 e. The van der Waals surface area contributed by atoms with Crippen LogP contribution in [0, 0.1) is 13.8 Å². The standard InChI is InChI=1S/C22H25N3O2/c1-16-10-11-18(14-17(16)2)20-15-21(22(26)23-12-7-13-27-3)25(24-20)19-8-5-4-6-9-19/h4-6,8-11,14-15H,7,12-13H2,1-3H3,(H,23,26). The largest absolute Gasteiger partial charge is 0.385 e. The third-order valence-corrected chi connectivity index (χ3v) is 4.56. The number of carbonyl (C=O) groups excluding carboxylic acids is 1. The average molecular weight is 363 g/mol. The van der Waals surface area contributed by atoms with Crippen LogP contribution in [-0.2, 0) is 4.74 Å². The summed E-state index contributed by atoms with van der Waals surface area (Å²) >= 11 is 0. The molecule has 0 aliphatic carbocycles. The number of ether oxygens (including phenoxy) is 1. The molecule has 3 rings (SSSR count). The lowest BCUT2D eigenvalue weighted by molar-refractivity contribution is 0.0941. The van der Waals surface area contributed by atoms with E-state index in [9.17, 15) is 4.79 Å². The fraction of sp³-hybridized carbons (Fsp3) is 0.273. The lowest BCUT2D eigenvalue weighted by Gasteiger charge is -2.08. The summed E-state index contributed by atoms with van der Waals surface area (Å²) in [7, 11) is 1.65. The summed E-state index contributed by atoms with van der Waals surface area (Å²) in [5.41, 5.74) is 5.59. The number of para-hydroxylation sites is 1. The number of methoxy groups -OCH3 is 1. The third kappa shape index (κ3) is 4.44. The van der Waals surface area contributed by atoms with E-state index in [0.717, 1.165) is 23.4 Å². The van der Waals surface area contributed by atoms with Gasteiger partial charge in [-0.1, -0.05) is 30.3 Å². The van der Waals surface area contributed by atoms with E-state index in [2.05, 4.69) is 31.3 Å². The van der Waals surface area contributed by atoms with Crippen molar-refractivity contribution < 1.29 is 9.53 Å². The molecule has 0 bridgehead atoms. The number of hydrogen-bond acceptors (Lipinski definition) is 3. The highest BCUT2D eigenvalue weighted by Gasteiger charge is 2.17. The van der Waals surface area contributed by atoms with Crippen LogP contribution in [0.2, 0.25) is 0 Å². The van der Waals surface area contributed by atoms with Gasteiger partial charge in [-0.3, -0.25) is 4.79 Å². The summed E-state index contributed by atoms with van der Waals surface area (Å²) in [4.78, 5) is 12.8. The van der Waals surface area contributed by atoms with Gasteiger partial charge in [-0.05, 0) is 55.7 Å². The maximum atomic E-state index is 12.8. The summed E-state index contributed by atoms with van der Waals surface area (Å²) in [6.45, 7) is 5.34. The number of nitrogens with zero attached hydrogens (tertiary/aromatic N) is 2. The van der Waals surface area contributed by atoms with Gasteiger partial charge >= 0.3 is 0 Å². The smallest absolute Gasteiger partial charge is 0.270 e. The topological polar surface area (TPSA) is 56.1 Å². The van der Waals surface area contributed by atoms with Crippen LogP contribution in [0.4, 0.5) is 0 Å². The number of aryl methyl sites for hydroxylation is 2. The number of benzene rings is 2. The van der Waals surface area contributed by atoms with Crippen LogP contribution >= 0.6 is 0 Å². The van der Waals surface area contributed by atoms with Crippen molar-refractivity contribution in [1.29, 1.82) is 0 Å². The number of rotatable bonds is 7. The van der Waals surface area contributed by atoms with Crippen LogP contribution < -0.4 is 5.32 Å². The summed E-state index contributed by atoms with van der Waals surface area (Å²) < 4.78 is 6.74. The van der Waals surface area contributed by atoms with Crippen molar-refractivity contribution in [2.24, 2.45) is 0 Å². The summed E-state index contributed by atoms with van der Waals surface area (Å²) in [6, 6.07) is 17.8. The van der Waals surface area contributed by atoms with Gasteiger partial charge in [0.05, 0.1) is 11.4 Å². The van der Waals surface area contributed by atoms with Crippen LogP contribution in [0.5, 0.6) is 0 Å². The highest BCUT2D eigenvalue weighted by molar-refractivity contribution is 5.94. The molecule has 0 radical (unpaired) electrons. The normalized spacial score (nSPS) is 10.8. The molecule has 0 saturated heterocycles. The Hall–Kier alpha value is -2.92. The monoisotopic (exact) mass is 363 g/mol. The number of hydrogen-bond donors (Lipinski definition) is 1. The van der Waals surface area contributed by atoms with Crippen molar-refractivity contribution in [3.05, 3.63) is 71.4 Å². The number of nitrogens with one attached hydrogen (secondary N) is 1. The minimum absolute atomic E-state index is 0.141. The fourth-order valence-electron chi connectivity index (χ4n) is 2.86. The van der Waals surface area contributed by atoms with E-state index in [4.69, 9.17) is 9.84 Å². The van der Waals surface area contributed by atoms with E-state index >= 15 is 0 Å². The van der Waals surface area contributed by atoms with Crippen molar-refractivity contribution in [2.45, 2.75) is 20.3 Å². The van der Waals surface area contributed by atoms with Crippen molar-refractivity contribution in [3.63, 3.8) is 0 Å². The molecule has 2 aromatic carbocycles. The highest BCUT2D eigenvalue weighted by atomic mass is 16.5. The van der Waals surface area contributed by atoms with E-state index in [1.165, 1.54) is 11.1 Å². The summed E-state index contributed by atoms with van der Waals surface area (Å²) in [6.07, 6.45) is 0.770. The van der Waals surface area contributed by atoms with Gasteiger partial charge in [-0.15, -0.1) is 0 Å². The lowest BCUT2D eigenvalue weighted by Crippen LogP contribution is -2.27. The first-order valence-electron chi connectivity index (χ1n) is 9.10. The first kappa shape index (κ1) is 18.9. The first-order valence-corrected chi connectivity index (χ1v) is 9.10. The Kier molecular flexibility index (Phi) is 6.04. The Balaban J connectivity index is 1.96. The Labute approximate surface area is 160 Å². The molecule has 0 aliphatic heterocycles. The van der Waals surface area contributed by atoms with Gasteiger partial charge in [0, 0.05) is 25.8 Å². The van der Waals surface area contributed by atoms with E-state index in [1.807, 2.05) is 42.5 Å². The van der Waals surface area contributed by atoms with Crippen LogP contribution in [0.1, 0.15) is 28.0 Å². The molecular formula is C22H25N3O2. The van der Waals surface area contributed by atoms with Crippen LogP contribution in [0.3, 0.4) is 0 Å². The van der Waals surface area contributed by atoms with Gasteiger partial charge in [0.15, 0.2) is 0 Å². The molecular weight excluding hydrogens is 338 g/mol. The quantitative estimate of drug-likeness (QED) is 0.647. The Morgan fingerprint density at radius 3 is 2.56 bits per heavy atom. The molecule has 5 heteroatoms. The molecule has 140 valence electrons. The lowest BCUT2D eigenvalue weighted by atomic mass is 10.0.